The van der Waals surface area contributed by atoms with E-state index in [-0.39, 0.29) is 35.0 Å². The Balaban J connectivity index is 1.89. The molecule has 1 aromatic rings. The number of benzene rings is 1. The van der Waals surface area contributed by atoms with Crippen molar-refractivity contribution < 1.29 is 18.0 Å². The van der Waals surface area contributed by atoms with Crippen molar-refractivity contribution in [1.82, 2.24) is 9.62 Å². The molecule has 0 bridgehead atoms. The standard InChI is InChI=1S/C18H25N3O4S2/c1-3-13(2)19-17(22)11-21-15-10-14(6-7-16(15)26-12-18(21)23)27(24,25)20-8-4-5-9-20/h6-7,10,13H,3-5,8-9,11-12H2,1-2H3,(H,19,22)/t13-/m1/s1. The van der Waals surface area contributed by atoms with E-state index in [4.69, 9.17) is 0 Å². The number of hydrogen-bond donors (Lipinski definition) is 1. The number of nitrogens with zero attached hydrogens (tertiary/aromatic N) is 2. The zero-order valence-electron chi connectivity index (χ0n) is 15.6. The van der Waals surface area contributed by atoms with Gasteiger partial charge < -0.3 is 10.2 Å². The molecule has 2 aliphatic heterocycles. The highest BCUT2D eigenvalue weighted by molar-refractivity contribution is 8.00. The maximum atomic E-state index is 12.9. The van der Waals surface area contributed by atoms with Crippen molar-refractivity contribution in [2.75, 3.05) is 30.3 Å². The van der Waals surface area contributed by atoms with Gasteiger partial charge in [-0.05, 0) is 44.4 Å². The molecule has 9 heteroatoms. The maximum Gasteiger partial charge on any atom is 0.243 e. The highest BCUT2D eigenvalue weighted by atomic mass is 32.2. The van der Waals surface area contributed by atoms with Crippen LogP contribution in [0.25, 0.3) is 0 Å². The monoisotopic (exact) mass is 411 g/mol. The van der Waals surface area contributed by atoms with Gasteiger partial charge in [0.05, 0.1) is 16.3 Å². The first kappa shape index (κ1) is 20.2. The quantitative estimate of drug-likeness (QED) is 0.772. The largest absolute Gasteiger partial charge is 0.352 e. The van der Waals surface area contributed by atoms with Crippen LogP contribution in [-0.2, 0) is 19.6 Å². The molecule has 1 fully saturated rings. The van der Waals surface area contributed by atoms with Gasteiger partial charge in [-0.3, -0.25) is 9.59 Å². The smallest absolute Gasteiger partial charge is 0.243 e. The molecule has 0 aromatic heterocycles. The fourth-order valence-electron chi connectivity index (χ4n) is 3.16. The van der Waals surface area contributed by atoms with Crippen LogP contribution in [0.3, 0.4) is 0 Å². The summed E-state index contributed by atoms with van der Waals surface area (Å²) in [5.74, 6) is -0.201. The lowest BCUT2D eigenvalue weighted by Gasteiger charge is -2.29. The first-order valence-corrected chi connectivity index (χ1v) is 11.6. The van der Waals surface area contributed by atoms with Crippen LogP contribution in [0.2, 0.25) is 0 Å². The van der Waals surface area contributed by atoms with Crippen molar-refractivity contribution in [2.24, 2.45) is 0 Å². The molecule has 0 saturated carbocycles. The molecular formula is C18H25N3O4S2. The molecule has 1 N–H and O–H groups in total. The molecule has 1 saturated heterocycles. The predicted octanol–water partition coefficient (Wildman–Crippen LogP) is 1.82. The first-order chi connectivity index (χ1) is 12.8. The van der Waals surface area contributed by atoms with Crippen molar-refractivity contribution in [3.05, 3.63) is 18.2 Å². The molecule has 0 spiro atoms. The number of carbonyl (C=O) groups excluding carboxylic acids is 2. The van der Waals surface area contributed by atoms with Crippen LogP contribution in [0.5, 0.6) is 0 Å². The Hall–Kier alpha value is -1.58. The number of nitrogens with one attached hydrogen (secondary N) is 1. The van der Waals surface area contributed by atoms with E-state index in [0.717, 1.165) is 24.2 Å². The van der Waals surface area contributed by atoms with E-state index in [9.17, 15) is 18.0 Å². The molecule has 1 aromatic carbocycles. The van der Waals surface area contributed by atoms with Gasteiger partial charge in [-0.15, -0.1) is 11.8 Å². The van der Waals surface area contributed by atoms with Crippen LogP contribution in [0.4, 0.5) is 5.69 Å². The second-order valence-corrected chi connectivity index (χ2v) is 9.84. The lowest BCUT2D eigenvalue weighted by molar-refractivity contribution is -0.123. The minimum atomic E-state index is -3.58. The SMILES string of the molecule is CC[C@@H](C)NC(=O)CN1C(=O)CSc2ccc(S(=O)(=O)N3CCCC3)cc21. The fraction of sp³-hybridized carbons (Fsp3) is 0.556. The van der Waals surface area contributed by atoms with Crippen LogP contribution in [0, 0.1) is 0 Å². The Bertz CT molecular complexity index is 835. The summed E-state index contributed by atoms with van der Waals surface area (Å²) in [7, 11) is -3.58. The van der Waals surface area contributed by atoms with Crippen LogP contribution >= 0.6 is 11.8 Å². The fourth-order valence-corrected chi connectivity index (χ4v) is 5.61. The van der Waals surface area contributed by atoms with Gasteiger partial charge in [-0.25, -0.2) is 8.42 Å². The lowest BCUT2D eigenvalue weighted by atomic mass is 10.2. The van der Waals surface area contributed by atoms with E-state index in [2.05, 4.69) is 5.32 Å². The average molecular weight is 412 g/mol. The van der Waals surface area contributed by atoms with Crippen LogP contribution in [-0.4, -0.2) is 56.0 Å². The minimum absolute atomic E-state index is 0.0214. The Kier molecular flexibility index (Phi) is 6.12. The van der Waals surface area contributed by atoms with Gasteiger partial charge in [-0.2, -0.15) is 4.31 Å². The van der Waals surface area contributed by atoms with E-state index in [1.165, 1.54) is 27.0 Å². The second kappa shape index (κ2) is 8.20. The van der Waals surface area contributed by atoms with Crippen molar-refractivity contribution in [3.63, 3.8) is 0 Å². The number of anilines is 1. The van der Waals surface area contributed by atoms with Gasteiger partial charge in [0.15, 0.2) is 0 Å². The molecule has 0 aliphatic carbocycles. The third-order valence-corrected chi connectivity index (χ3v) is 7.84. The third-order valence-electron chi connectivity index (χ3n) is 4.90. The number of rotatable bonds is 6. The van der Waals surface area contributed by atoms with Crippen molar-refractivity contribution in [1.29, 1.82) is 0 Å². The minimum Gasteiger partial charge on any atom is -0.352 e. The summed E-state index contributed by atoms with van der Waals surface area (Å²) in [6.07, 6.45) is 2.52. The molecule has 2 heterocycles. The summed E-state index contributed by atoms with van der Waals surface area (Å²) in [5, 5.41) is 2.85. The van der Waals surface area contributed by atoms with Crippen molar-refractivity contribution >= 4 is 39.3 Å². The molecule has 27 heavy (non-hydrogen) atoms. The molecule has 0 radical (unpaired) electrons. The lowest BCUT2D eigenvalue weighted by Crippen LogP contribution is -2.45. The molecular weight excluding hydrogens is 386 g/mol. The van der Waals surface area contributed by atoms with E-state index in [1.54, 1.807) is 12.1 Å². The molecule has 0 unspecified atom stereocenters. The van der Waals surface area contributed by atoms with E-state index in [0.29, 0.717) is 18.8 Å². The second-order valence-electron chi connectivity index (χ2n) is 6.89. The number of hydrogen-bond acceptors (Lipinski definition) is 5. The van der Waals surface area contributed by atoms with Gasteiger partial charge in [0, 0.05) is 24.0 Å². The van der Waals surface area contributed by atoms with Gasteiger partial charge in [0.2, 0.25) is 21.8 Å². The first-order valence-electron chi connectivity index (χ1n) is 9.19. The number of sulfonamides is 1. The summed E-state index contributed by atoms with van der Waals surface area (Å²) < 4.78 is 27.2. The van der Waals surface area contributed by atoms with E-state index >= 15 is 0 Å². The summed E-state index contributed by atoms with van der Waals surface area (Å²) in [5.41, 5.74) is 0.496. The van der Waals surface area contributed by atoms with Crippen LogP contribution in [0.15, 0.2) is 28.0 Å². The van der Waals surface area contributed by atoms with Gasteiger partial charge in [0.25, 0.3) is 0 Å². The molecule has 3 rings (SSSR count). The third kappa shape index (κ3) is 4.30. The molecule has 1 atom stereocenters. The van der Waals surface area contributed by atoms with Crippen LogP contribution in [0.1, 0.15) is 33.1 Å². The summed E-state index contributed by atoms with van der Waals surface area (Å²) in [6.45, 7) is 4.81. The Morgan fingerprint density at radius 3 is 2.67 bits per heavy atom. The summed E-state index contributed by atoms with van der Waals surface area (Å²) in [6, 6.07) is 4.87. The molecule has 7 nitrogen and oxygen atoms in total. The Morgan fingerprint density at radius 2 is 2.00 bits per heavy atom. The average Bonchev–Trinajstić information content (AvgIpc) is 3.19. The van der Waals surface area contributed by atoms with Gasteiger partial charge in [0.1, 0.15) is 6.54 Å². The predicted molar refractivity (Wildman–Crippen MR) is 105 cm³/mol. The maximum absolute atomic E-state index is 12.9. The zero-order valence-corrected chi connectivity index (χ0v) is 17.2. The highest BCUT2D eigenvalue weighted by Crippen LogP contribution is 2.37. The zero-order chi connectivity index (χ0) is 19.6. The topological polar surface area (TPSA) is 86.8 Å². The number of carbonyl (C=O) groups is 2. The van der Waals surface area contributed by atoms with Crippen molar-refractivity contribution in [3.8, 4) is 0 Å². The van der Waals surface area contributed by atoms with E-state index in [1.807, 2.05) is 13.8 Å². The summed E-state index contributed by atoms with van der Waals surface area (Å²) >= 11 is 1.37. The van der Waals surface area contributed by atoms with Gasteiger partial charge >= 0.3 is 0 Å². The van der Waals surface area contributed by atoms with Crippen LogP contribution < -0.4 is 10.2 Å². The number of fused-ring (bicyclic) bond motifs is 1. The van der Waals surface area contributed by atoms with Crippen molar-refractivity contribution in [2.45, 2.75) is 48.9 Å². The number of thioether (sulfide) groups is 1. The van der Waals surface area contributed by atoms with E-state index < -0.39 is 10.0 Å². The highest BCUT2D eigenvalue weighted by Gasteiger charge is 2.31. The normalized spacial score (nSPS) is 19.0. The number of amides is 2. The Labute approximate surface area is 164 Å². The van der Waals surface area contributed by atoms with Gasteiger partial charge in [-0.1, -0.05) is 6.92 Å². The molecule has 2 aliphatic rings. The molecule has 148 valence electrons. The Morgan fingerprint density at radius 1 is 1.30 bits per heavy atom. The molecule has 2 amide bonds. The summed E-state index contributed by atoms with van der Waals surface area (Å²) in [4.78, 5) is 27.1.